The number of rotatable bonds is 7. The van der Waals surface area contributed by atoms with E-state index in [2.05, 4.69) is 24.4 Å². The van der Waals surface area contributed by atoms with Gasteiger partial charge in [0.05, 0.1) is 0 Å². The normalized spacial score (nSPS) is 12.2. The van der Waals surface area contributed by atoms with Crippen molar-refractivity contribution >= 4 is 5.91 Å². The lowest BCUT2D eigenvalue weighted by Gasteiger charge is -2.18. The lowest BCUT2D eigenvalue weighted by Crippen LogP contribution is -2.45. The Kier molecular flexibility index (Phi) is 5.83. The van der Waals surface area contributed by atoms with E-state index in [4.69, 9.17) is 10.5 Å². The number of ether oxygens (including phenoxy) is 1. The number of nitrogens with one attached hydrogen (secondary N) is 1. The molecule has 0 aliphatic rings. The topological polar surface area (TPSA) is 64.3 Å². The molecule has 1 rings (SSSR count). The quantitative estimate of drug-likeness (QED) is 0.790. The molecule has 3 N–H and O–H groups in total. The van der Waals surface area contributed by atoms with Gasteiger partial charge >= 0.3 is 0 Å². The first-order valence-corrected chi connectivity index (χ1v) is 6.69. The van der Waals surface area contributed by atoms with Crippen LogP contribution in [-0.4, -0.2) is 25.1 Å². The molecule has 1 unspecified atom stereocenters. The van der Waals surface area contributed by atoms with Crippen molar-refractivity contribution in [1.82, 2.24) is 5.32 Å². The maximum Gasteiger partial charge on any atom is 0.238 e. The van der Waals surface area contributed by atoms with Crippen LogP contribution in [0.1, 0.15) is 30.0 Å². The van der Waals surface area contributed by atoms with Crippen molar-refractivity contribution in [3.05, 3.63) is 28.8 Å². The summed E-state index contributed by atoms with van der Waals surface area (Å²) in [7, 11) is 0. The van der Waals surface area contributed by atoms with Gasteiger partial charge in [-0.2, -0.15) is 0 Å². The van der Waals surface area contributed by atoms with Gasteiger partial charge in [-0.1, -0.05) is 24.6 Å². The van der Waals surface area contributed by atoms with Gasteiger partial charge in [-0.25, -0.2) is 0 Å². The number of carbonyl (C=O) groups is 1. The van der Waals surface area contributed by atoms with Crippen LogP contribution in [0.4, 0.5) is 0 Å². The summed E-state index contributed by atoms with van der Waals surface area (Å²) >= 11 is 0. The minimum absolute atomic E-state index is 0.264. The minimum Gasteiger partial charge on any atom is -0.491 e. The van der Waals surface area contributed by atoms with Crippen molar-refractivity contribution < 1.29 is 9.53 Å². The van der Waals surface area contributed by atoms with Crippen LogP contribution in [0.3, 0.4) is 0 Å². The molecule has 0 aliphatic carbocycles. The molecule has 106 valence electrons. The Hall–Kier alpha value is -1.55. The second-order valence-electron chi connectivity index (χ2n) is 4.95. The molecule has 1 aromatic rings. The zero-order valence-electron chi connectivity index (χ0n) is 12.2. The lowest BCUT2D eigenvalue weighted by atomic mass is 10.1. The van der Waals surface area contributed by atoms with Gasteiger partial charge < -0.3 is 15.8 Å². The van der Waals surface area contributed by atoms with Crippen LogP contribution in [0.15, 0.2) is 12.1 Å². The van der Waals surface area contributed by atoms with Gasteiger partial charge in [-0.05, 0) is 44.9 Å². The molecule has 19 heavy (non-hydrogen) atoms. The van der Waals surface area contributed by atoms with Crippen LogP contribution in [-0.2, 0) is 4.79 Å². The molecule has 0 bridgehead atoms. The minimum atomic E-state index is -0.444. The molecule has 1 atom stereocenters. The number of benzene rings is 1. The lowest BCUT2D eigenvalue weighted by molar-refractivity contribution is -0.120. The number of aryl methyl sites for hydroxylation is 3. The molecule has 4 nitrogen and oxygen atoms in total. The molecule has 0 fully saturated rings. The Morgan fingerprint density at radius 3 is 2.37 bits per heavy atom. The Balaban J connectivity index is 2.71. The summed E-state index contributed by atoms with van der Waals surface area (Å²) in [5, 5.41) is 3.09. The molecule has 0 saturated carbocycles. The molecular weight excluding hydrogens is 240 g/mol. The van der Waals surface area contributed by atoms with Crippen LogP contribution >= 0.6 is 0 Å². The van der Waals surface area contributed by atoms with Gasteiger partial charge in [0.15, 0.2) is 0 Å². The highest BCUT2D eigenvalue weighted by Gasteiger charge is 2.16. The third-order valence-corrected chi connectivity index (χ3v) is 2.98. The molecule has 0 radical (unpaired) electrons. The van der Waals surface area contributed by atoms with Crippen molar-refractivity contribution in [3.63, 3.8) is 0 Å². The van der Waals surface area contributed by atoms with Crippen molar-refractivity contribution in [2.75, 3.05) is 13.2 Å². The van der Waals surface area contributed by atoms with Crippen LogP contribution in [0.2, 0.25) is 0 Å². The van der Waals surface area contributed by atoms with Gasteiger partial charge in [-0.15, -0.1) is 0 Å². The van der Waals surface area contributed by atoms with E-state index in [-0.39, 0.29) is 12.5 Å². The van der Waals surface area contributed by atoms with Crippen molar-refractivity contribution in [1.29, 1.82) is 0 Å². The predicted molar refractivity (Wildman–Crippen MR) is 77.4 cm³/mol. The first kappa shape index (κ1) is 15.5. The van der Waals surface area contributed by atoms with Crippen LogP contribution in [0, 0.1) is 20.8 Å². The predicted octanol–water partition coefficient (Wildman–Crippen LogP) is 1.84. The largest absolute Gasteiger partial charge is 0.491 e. The SMILES string of the molecule is CCCNC(COc1c(C)cc(C)cc1C)C(N)=O. The molecule has 1 amide bonds. The Bertz CT molecular complexity index is 421. The van der Waals surface area contributed by atoms with E-state index in [1.54, 1.807) is 0 Å². The van der Waals surface area contributed by atoms with Crippen LogP contribution < -0.4 is 15.8 Å². The summed E-state index contributed by atoms with van der Waals surface area (Å²) in [5.41, 5.74) is 8.73. The van der Waals surface area contributed by atoms with E-state index in [0.717, 1.165) is 29.8 Å². The molecule has 0 heterocycles. The number of hydrogen-bond acceptors (Lipinski definition) is 3. The maximum absolute atomic E-state index is 11.3. The smallest absolute Gasteiger partial charge is 0.238 e. The summed E-state index contributed by atoms with van der Waals surface area (Å²) in [6, 6.07) is 3.70. The average molecular weight is 264 g/mol. The summed E-state index contributed by atoms with van der Waals surface area (Å²) in [6.07, 6.45) is 0.951. The van der Waals surface area contributed by atoms with Crippen molar-refractivity contribution in [2.45, 2.75) is 40.2 Å². The van der Waals surface area contributed by atoms with E-state index in [1.165, 1.54) is 5.56 Å². The van der Waals surface area contributed by atoms with E-state index < -0.39 is 6.04 Å². The van der Waals surface area contributed by atoms with Gasteiger partial charge in [-0.3, -0.25) is 4.79 Å². The highest BCUT2D eigenvalue weighted by Crippen LogP contribution is 2.24. The van der Waals surface area contributed by atoms with E-state index >= 15 is 0 Å². The second-order valence-corrected chi connectivity index (χ2v) is 4.95. The van der Waals surface area contributed by atoms with Crippen molar-refractivity contribution in [3.8, 4) is 5.75 Å². The monoisotopic (exact) mass is 264 g/mol. The molecule has 0 saturated heterocycles. The van der Waals surface area contributed by atoms with Crippen LogP contribution in [0.5, 0.6) is 5.75 Å². The number of hydrogen-bond donors (Lipinski definition) is 2. The Morgan fingerprint density at radius 1 is 1.32 bits per heavy atom. The van der Waals surface area contributed by atoms with E-state index in [0.29, 0.717) is 0 Å². The standard InChI is InChI=1S/C15H24N2O2/c1-5-6-17-13(15(16)18)9-19-14-11(3)7-10(2)8-12(14)4/h7-8,13,17H,5-6,9H2,1-4H3,(H2,16,18). The first-order valence-electron chi connectivity index (χ1n) is 6.69. The summed E-state index contributed by atoms with van der Waals surface area (Å²) in [5.74, 6) is 0.464. The molecule has 0 aromatic heterocycles. The molecule has 0 spiro atoms. The average Bonchev–Trinajstić information content (AvgIpc) is 2.31. The highest BCUT2D eigenvalue weighted by atomic mass is 16.5. The van der Waals surface area contributed by atoms with Gasteiger partial charge in [0, 0.05) is 0 Å². The van der Waals surface area contributed by atoms with E-state index in [1.807, 2.05) is 20.8 Å². The third-order valence-electron chi connectivity index (χ3n) is 2.98. The zero-order chi connectivity index (χ0) is 14.4. The zero-order valence-corrected chi connectivity index (χ0v) is 12.2. The van der Waals surface area contributed by atoms with Crippen LogP contribution in [0.25, 0.3) is 0 Å². The number of primary amides is 1. The molecule has 0 aliphatic heterocycles. The number of nitrogens with two attached hydrogens (primary N) is 1. The summed E-state index contributed by atoms with van der Waals surface area (Å²) < 4.78 is 5.78. The van der Waals surface area contributed by atoms with Gasteiger partial charge in [0.2, 0.25) is 5.91 Å². The Morgan fingerprint density at radius 2 is 1.89 bits per heavy atom. The second kappa shape index (κ2) is 7.14. The summed E-state index contributed by atoms with van der Waals surface area (Å²) in [4.78, 5) is 11.3. The fraction of sp³-hybridized carbons (Fsp3) is 0.533. The molecular formula is C15H24N2O2. The van der Waals surface area contributed by atoms with Crippen molar-refractivity contribution in [2.24, 2.45) is 5.73 Å². The Labute approximate surface area is 115 Å². The molecule has 4 heteroatoms. The fourth-order valence-corrected chi connectivity index (χ4v) is 2.12. The number of carbonyl (C=O) groups excluding carboxylic acids is 1. The fourth-order valence-electron chi connectivity index (χ4n) is 2.12. The van der Waals surface area contributed by atoms with Gasteiger partial charge in [0.1, 0.15) is 18.4 Å². The van der Waals surface area contributed by atoms with E-state index in [9.17, 15) is 4.79 Å². The van der Waals surface area contributed by atoms with Gasteiger partial charge in [0.25, 0.3) is 0 Å². The summed E-state index contributed by atoms with van der Waals surface area (Å²) in [6.45, 7) is 9.13. The maximum atomic E-state index is 11.3. The number of amides is 1. The third kappa shape index (κ3) is 4.56. The first-order chi connectivity index (χ1) is 8.95. The molecule has 1 aromatic carbocycles. The highest BCUT2D eigenvalue weighted by molar-refractivity contribution is 5.80.